The summed E-state index contributed by atoms with van der Waals surface area (Å²) in [4.78, 5) is 11.7. The van der Waals surface area contributed by atoms with Crippen molar-refractivity contribution in [1.29, 1.82) is 0 Å². The van der Waals surface area contributed by atoms with Gasteiger partial charge in [0.1, 0.15) is 0 Å². The number of benzene rings is 2. The van der Waals surface area contributed by atoms with Gasteiger partial charge < -0.3 is 9.84 Å². The average Bonchev–Trinajstić information content (AvgIpc) is 3.05. The van der Waals surface area contributed by atoms with Gasteiger partial charge in [-0.15, -0.1) is 0 Å². The summed E-state index contributed by atoms with van der Waals surface area (Å²) in [5, 5.41) is 14.8. The van der Waals surface area contributed by atoms with Crippen molar-refractivity contribution < 1.29 is 14.6 Å². The summed E-state index contributed by atoms with van der Waals surface area (Å²) in [6, 6.07) is 13.2. The Labute approximate surface area is 186 Å². The lowest BCUT2D eigenvalue weighted by atomic mass is 10.0. The van der Waals surface area contributed by atoms with Crippen molar-refractivity contribution in [3.05, 3.63) is 69.3 Å². The number of ether oxygens (including phenoxy) is 1. The predicted octanol–water partition coefficient (Wildman–Crippen LogP) is 6.21. The van der Waals surface area contributed by atoms with Gasteiger partial charge in [-0.05, 0) is 49.9 Å². The molecular weight excluding hydrogens is 423 g/mol. The molecule has 7 heteroatoms. The Morgan fingerprint density at radius 3 is 2.47 bits per heavy atom. The Bertz CT molecular complexity index is 1030. The minimum Gasteiger partial charge on any atom is -0.476 e. The highest BCUT2D eigenvalue weighted by Gasteiger charge is 2.22. The summed E-state index contributed by atoms with van der Waals surface area (Å²) < 4.78 is 6.67. The topological polar surface area (TPSA) is 64.3 Å². The third-order valence-electron chi connectivity index (χ3n) is 5.00. The molecule has 0 saturated carbocycles. The molecule has 2 aromatic carbocycles. The van der Waals surface area contributed by atoms with Crippen LogP contribution < -0.4 is 0 Å². The maximum Gasteiger partial charge on any atom is 0.356 e. The van der Waals surface area contributed by atoms with Crippen LogP contribution >= 0.6 is 23.2 Å². The SMILES string of the molecule is COCCCCCc1ccc(-c2c(C)c(C(=O)O)nn2-c2ccc(Cl)cc2Cl)cc1. The molecule has 0 aliphatic heterocycles. The minimum absolute atomic E-state index is 0.00163. The Morgan fingerprint density at radius 2 is 1.83 bits per heavy atom. The van der Waals surface area contributed by atoms with Crippen LogP contribution in [0, 0.1) is 6.92 Å². The van der Waals surface area contributed by atoms with E-state index >= 15 is 0 Å². The number of methoxy groups -OCH3 is 1. The number of hydrogen-bond donors (Lipinski definition) is 1. The molecule has 1 N–H and O–H groups in total. The van der Waals surface area contributed by atoms with Gasteiger partial charge in [-0.1, -0.05) is 53.9 Å². The quantitative estimate of drug-likeness (QED) is 0.396. The molecule has 0 bridgehead atoms. The maximum absolute atomic E-state index is 11.7. The Morgan fingerprint density at radius 1 is 1.10 bits per heavy atom. The van der Waals surface area contributed by atoms with E-state index in [9.17, 15) is 9.90 Å². The van der Waals surface area contributed by atoms with Crippen molar-refractivity contribution in [1.82, 2.24) is 9.78 Å². The number of aromatic nitrogens is 2. The van der Waals surface area contributed by atoms with Gasteiger partial charge in [-0.3, -0.25) is 0 Å². The zero-order chi connectivity index (χ0) is 21.7. The number of nitrogens with zero attached hydrogens (tertiary/aromatic N) is 2. The molecule has 0 atom stereocenters. The molecule has 0 aliphatic rings. The second-order valence-corrected chi connectivity index (χ2v) is 7.98. The summed E-state index contributed by atoms with van der Waals surface area (Å²) >= 11 is 12.4. The van der Waals surface area contributed by atoms with Crippen molar-refractivity contribution in [2.45, 2.75) is 32.6 Å². The smallest absolute Gasteiger partial charge is 0.356 e. The predicted molar refractivity (Wildman–Crippen MR) is 120 cm³/mol. The van der Waals surface area contributed by atoms with Crippen molar-refractivity contribution in [3.63, 3.8) is 0 Å². The van der Waals surface area contributed by atoms with Gasteiger partial charge >= 0.3 is 5.97 Å². The minimum atomic E-state index is -1.08. The summed E-state index contributed by atoms with van der Waals surface area (Å²) in [6.45, 7) is 2.55. The molecule has 0 unspecified atom stereocenters. The molecule has 158 valence electrons. The van der Waals surface area contributed by atoms with E-state index in [1.807, 2.05) is 12.1 Å². The van der Waals surface area contributed by atoms with Crippen molar-refractivity contribution in [2.24, 2.45) is 0 Å². The van der Waals surface area contributed by atoms with E-state index in [1.165, 1.54) is 5.56 Å². The molecule has 0 spiro atoms. The van der Waals surface area contributed by atoms with Gasteiger partial charge in [0.05, 0.1) is 16.4 Å². The normalized spacial score (nSPS) is 11.1. The van der Waals surface area contributed by atoms with E-state index in [4.69, 9.17) is 27.9 Å². The number of carboxylic acids is 1. The lowest BCUT2D eigenvalue weighted by Crippen LogP contribution is -2.03. The van der Waals surface area contributed by atoms with Gasteiger partial charge in [-0.2, -0.15) is 5.10 Å². The Balaban J connectivity index is 1.94. The van der Waals surface area contributed by atoms with Crippen LogP contribution in [0.25, 0.3) is 16.9 Å². The first kappa shape index (κ1) is 22.3. The summed E-state index contributed by atoms with van der Waals surface area (Å²) in [6.07, 6.45) is 4.28. The largest absolute Gasteiger partial charge is 0.476 e. The second kappa shape index (κ2) is 10.1. The number of aryl methyl sites for hydroxylation is 1. The van der Waals surface area contributed by atoms with Crippen LogP contribution in [-0.4, -0.2) is 34.6 Å². The number of rotatable bonds is 9. The lowest BCUT2D eigenvalue weighted by molar-refractivity contribution is 0.0689. The van der Waals surface area contributed by atoms with Gasteiger partial charge in [0.2, 0.25) is 0 Å². The van der Waals surface area contributed by atoms with Crippen molar-refractivity contribution >= 4 is 29.2 Å². The van der Waals surface area contributed by atoms with Gasteiger partial charge in [0.15, 0.2) is 5.69 Å². The third-order valence-corrected chi connectivity index (χ3v) is 5.54. The van der Waals surface area contributed by atoms with Crippen LogP contribution in [0.2, 0.25) is 10.0 Å². The molecular formula is C23H24Cl2N2O3. The van der Waals surface area contributed by atoms with Crippen LogP contribution in [0.15, 0.2) is 42.5 Å². The molecule has 5 nitrogen and oxygen atoms in total. The highest BCUT2D eigenvalue weighted by atomic mass is 35.5. The molecule has 0 radical (unpaired) electrons. The monoisotopic (exact) mass is 446 g/mol. The van der Waals surface area contributed by atoms with Crippen LogP contribution in [0.3, 0.4) is 0 Å². The molecule has 3 rings (SSSR count). The molecule has 30 heavy (non-hydrogen) atoms. The van der Waals surface area contributed by atoms with E-state index in [1.54, 1.807) is 36.9 Å². The fourth-order valence-electron chi connectivity index (χ4n) is 3.45. The zero-order valence-electron chi connectivity index (χ0n) is 17.0. The fraction of sp³-hybridized carbons (Fsp3) is 0.304. The lowest BCUT2D eigenvalue weighted by Gasteiger charge is -2.11. The fourth-order valence-corrected chi connectivity index (χ4v) is 3.94. The zero-order valence-corrected chi connectivity index (χ0v) is 18.5. The molecule has 0 amide bonds. The summed E-state index contributed by atoms with van der Waals surface area (Å²) in [7, 11) is 1.72. The first-order valence-electron chi connectivity index (χ1n) is 9.79. The Kier molecular flexibility index (Phi) is 7.53. The summed E-state index contributed by atoms with van der Waals surface area (Å²) in [5.74, 6) is -1.08. The molecule has 1 heterocycles. The molecule has 3 aromatic rings. The number of hydrogen-bond acceptors (Lipinski definition) is 3. The van der Waals surface area contributed by atoms with E-state index in [0.717, 1.165) is 37.9 Å². The van der Waals surface area contributed by atoms with Crippen molar-refractivity contribution in [3.8, 4) is 16.9 Å². The van der Waals surface area contributed by atoms with Crippen LogP contribution in [-0.2, 0) is 11.2 Å². The highest BCUT2D eigenvalue weighted by molar-refractivity contribution is 6.35. The third kappa shape index (κ3) is 5.04. The number of halogens is 2. The molecule has 1 aromatic heterocycles. The van der Waals surface area contributed by atoms with Gasteiger partial charge in [0.25, 0.3) is 0 Å². The van der Waals surface area contributed by atoms with E-state index in [2.05, 4.69) is 17.2 Å². The van der Waals surface area contributed by atoms with E-state index in [0.29, 0.717) is 27.0 Å². The maximum atomic E-state index is 11.7. The number of carboxylic acid groups (broad SMARTS) is 1. The molecule has 0 saturated heterocycles. The highest BCUT2D eigenvalue weighted by Crippen LogP contribution is 2.33. The first-order chi connectivity index (χ1) is 14.4. The van der Waals surface area contributed by atoms with Gasteiger partial charge in [0, 0.05) is 29.9 Å². The van der Waals surface area contributed by atoms with E-state index < -0.39 is 5.97 Å². The number of carbonyl (C=O) groups is 1. The van der Waals surface area contributed by atoms with E-state index in [-0.39, 0.29) is 5.69 Å². The van der Waals surface area contributed by atoms with Crippen LogP contribution in [0.5, 0.6) is 0 Å². The van der Waals surface area contributed by atoms with Gasteiger partial charge in [-0.25, -0.2) is 9.48 Å². The number of aromatic carboxylic acids is 1. The summed E-state index contributed by atoms with van der Waals surface area (Å²) in [5.41, 5.74) is 3.97. The second-order valence-electron chi connectivity index (χ2n) is 7.14. The van der Waals surface area contributed by atoms with Crippen LogP contribution in [0.1, 0.15) is 40.9 Å². The standard InChI is InChI=1S/C23H24Cl2N2O3/c1-15-21(23(28)29)26-27(20-12-11-18(24)14-19(20)25)22(15)17-9-7-16(8-10-17)6-4-3-5-13-30-2/h7-12,14H,3-6,13H2,1-2H3,(H,28,29). The first-order valence-corrected chi connectivity index (χ1v) is 10.5. The molecule has 0 aliphatic carbocycles. The van der Waals surface area contributed by atoms with Crippen molar-refractivity contribution in [2.75, 3.05) is 13.7 Å². The number of unbranched alkanes of at least 4 members (excludes halogenated alkanes) is 2. The molecule has 0 fully saturated rings. The Hall–Kier alpha value is -2.34. The average molecular weight is 447 g/mol. The van der Waals surface area contributed by atoms with Crippen LogP contribution in [0.4, 0.5) is 0 Å².